The van der Waals surface area contributed by atoms with Crippen LogP contribution in [0, 0.1) is 0 Å². The van der Waals surface area contributed by atoms with Crippen molar-refractivity contribution in [2.45, 2.75) is 25.3 Å². The Hall–Kier alpha value is -1.06. The molecular formula is C13H20N2O. The van der Waals surface area contributed by atoms with Crippen molar-refractivity contribution in [3.8, 4) is 0 Å². The topological polar surface area (TPSA) is 49.5 Å². The molecule has 1 aromatic rings. The molecular weight excluding hydrogens is 200 g/mol. The summed E-state index contributed by atoms with van der Waals surface area (Å²) >= 11 is 0. The van der Waals surface area contributed by atoms with Gasteiger partial charge in [0.25, 0.3) is 0 Å². The average Bonchev–Trinajstić information content (AvgIpc) is 2.82. The van der Waals surface area contributed by atoms with Gasteiger partial charge in [-0.15, -0.1) is 0 Å². The first-order valence-corrected chi connectivity index (χ1v) is 5.89. The van der Waals surface area contributed by atoms with Gasteiger partial charge in [0.15, 0.2) is 0 Å². The van der Waals surface area contributed by atoms with Crippen molar-refractivity contribution in [1.29, 1.82) is 0 Å². The molecule has 1 atom stereocenters. The Morgan fingerprint density at radius 1 is 1.31 bits per heavy atom. The molecule has 0 aliphatic carbocycles. The summed E-state index contributed by atoms with van der Waals surface area (Å²) in [6.07, 6.45) is 2.49. The van der Waals surface area contributed by atoms with E-state index < -0.39 is 5.54 Å². The first-order chi connectivity index (χ1) is 7.65. The summed E-state index contributed by atoms with van der Waals surface area (Å²) in [5.74, 6) is 0. The number of rotatable bonds is 3. The van der Waals surface area contributed by atoms with Gasteiger partial charge in [-0.3, -0.25) is 0 Å². The van der Waals surface area contributed by atoms with Gasteiger partial charge in [0.05, 0.1) is 12.1 Å². The predicted molar refractivity (Wildman–Crippen MR) is 66.5 cm³/mol. The minimum atomic E-state index is -0.654. The van der Waals surface area contributed by atoms with Gasteiger partial charge in [-0.05, 0) is 31.4 Å². The third kappa shape index (κ3) is 2.06. The fourth-order valence-electron chi connectivity index (χ4n) is 2.28. The van der Waals surface area contributed by atoms with E-state index in [0.29, 0.717) is 0 Å². The van der Waals surface area contributed by atoms with E-state index in [1.807, 2.05) is 25.1 Å². The van der Waals surface area contributed by atoms with Crippen LogP contribution in [0.4, 0.5) is 5.69 Å². The fourth-order valence-corrected chi connectivity index (χ4v) is 2.28. The Bertz CT molecular complexity index is 357. The second-order valence-electron chi connectivity index (χ2n) is 4.79. The molecule has 1 aliphatic rings. The van der Waals surface area contributed by atoms with Crippen LogP contribution in [-0.2, 0) is 5.54 Å². The lowest BCUT2D eigenvalue weighted by Crippen LogP contribution is -2.38. The summed E-state index contributed by atoms with van der Waals surface area (Å²) in [6.45, 7) is 4.04. The molecule has 0 bridgehead atoms. The van der Waals surface area contributed by atoms with Crippen LogP contribution in [0.2, 0.25) is 0 Å². The smallest absolute Gasteiger partial charge is 0.0651 e. The van der Waals surface area contributed by atoms with Crippen molar-refractivity contribution in [3.05, 3.63) is 29.8 Å². The molecule has 2 rings (SSSR count). The second kappa shape index (κ2) is 4.44. The van der Waals surface area contributed by atoms with Gasteiger partial charge in [-0.2, -0.15) is 0 Å². The number of para-hydroxylation sites is 1. The summed E-state index contributed by atoms with van der Waals surface area (Å²) in [4.78, 5) is 2.36. The molecule has 0 aromatic heterocycles. The molecule has 3 nitrogen and oxygen atoms in total. The molecule has 1 unspecified atom stereocenters. The molecule has 0 spiro atoms. The Morgan fingerprint density at radius 3 is 2.56 bits per heavy atom. The summed E-state index contributed by atoms with van der Waals surface area (Å²) in [6, 6.07) is 8.13. The Labute approximate surface area is 96.9 Å². The second-order valence-corrected chi connectivity index (χ2v) is 4.79. The third-order valence-electron chi connectivity index (χ3n) is 3.29. The van der Waals surface area contributed by atoms with Crippen molar-refractivity contribution in [2.24, 2.45) is 5.73 Å². The van der Waals surface area contributed by atoms with Gasteiger partial charge in [0, 0.05) is 18.8 Å². The highest BCUT2D eigenvalue weighted by Gasteiger charge is 2.26. The number of aliphatic hydroxyl groups excluding tert-OH is 1. The van der Waals surface area contributed by atoms with Gasteiger partial charge in [0.2, 0.25) is 0 Å². The summed E-state index contributed by atoms with van der Waals surface area (Å²) in [5.41, 5.74) is 7.70. The number of hydrogen-bond acceptors (Lipinski definition) is 3. The van der Waals surface area contributed by atoms with Crippen LogP contribution in [0.15, 0.2) is 24.3 Å². The Balaban J connectivity index is 2.37. The zero-order valence-corrected chi connectivity index (χ0v) is 9.82. The number of anilines is 1. The van der Waals surface area contributed by atoms with E-state index in [1.54, 1.807) is 0 Å². The van der Waals surface area contributed by atoms with Crippen molar-refractivity contribution in [2.75, 3.05) is 24.6 Å². The van der Waals surface area contributed by atoms with Crippen LogP contribution in [0.5, 0.6) is 0 Å². The van der Waals surface area contributed by atoms with Crippen molar-refractivity contribution >= 4 is 5.69 Å². The number of aliphatic hydroxyl groups is 1. The summed E-state index contributed by atoms with van der Waals surface area (Å²) in [7, 11) is 0. The van der Waals surface area contributed by atoms with E-state index in [9.17, 15) is 5.11 Å². The van der Waals surface area contributed by atoms with Crippen LogP contribution in [0.1, 0.15) is 25.3 Å². The predicted octanol–water partition coefficient (Wildman–Crippen LogP) is 1.45. The lowest BCUT2D eigenvalue weighted by molar-refractivity contribution is 0.210. The maximum atomic E-state index is 9.37. The number of benzene rings is 1. The van der Waals surface area contributed by atoms with Crippen LogP contribution >= 0.6 is 0 Å². The van der Waals surface area contributed by atoms with Crippen LogP contribution < -0.4 is 10.6 Å². The quantitative estimate of drug-likeness (QED) is 0.810. The minimum Gasteiger partial charge on any atom is -0.394 e. The molecule has 3 heteroatoms. The molecule has 3 N–H and O–H groups in total. The van der Waals surface area contributed by atoms with E-state index in [2.05, 4.69) is 11.0 Å². The van der Waals surface area contributed by atoms with Gasteiger partial charge in [0.1, 0.15) is 0 Å². The van der Waals surface area contributed by atoms with Gasteiger partial charge in [-0.25, -0.2) is 0 Å². The monoisotopic (exact) mass is 220 g/mol. The maximum absolute atomic E-state index is 9.37. The third-order valence-corrected chi connectivity index (χ3v) is 3.29. The molecule has 1 aromatic carbocycles. The van der Waals surface area contributed by atoms with E-state index in [4.69, 9.17) is 5.73 Å². The minimum absolute atomic E-state index is 0.0299. The Morgan fingerprint density at radius 2 is 1.94 bits per heavy atom. The summed E-state index contributed by atoms with van der Waals surface area (Å²) in [5, 5.41) is 9.37. The lowest BCUT2D eigenvalue weighted by atomic mass is 9.92. The van der Waals surface area contributed by atoms with Crippen molar-refractivity contribution < 1.29 is 5.11 Å². The normalized spacial score (nSPS) is 19.8. The first-order valence-electron chi connectivity index (χ1n) is 5.89. The van der Waals surface area contributed by atoms with Crippen LogP contribution in [0.3, 0.4) is 0 Å². The Kier molecular flexibility index (Phi) is 3.17. The fraction of sp³-hybridized carbons (Fsp3) is 0.538. The van der Waals surface area contributed by atoms with Gasteiger partial charge in [-0.1, -0.05) is 18.2 Å². The van der Waals surface area contributed by atoms with E-state index in [1.165, 1.54) is 18.5 Å². The van der Waals surface area contributed by atoms with E-state index in [-0.39, 0.29) is 6.61 Å². The number of hydrogen-bond donors (Lipinski definition) is 2. The van der Waals surface area contributed by atoms with Gasteiger partial charge < -0.3 is 15.7 Å². The maximum Gasteiger partial charge on any atom is 0.0651 e. The van der Waals surface area contributed by atoms with Gasteiger partial charge >= 0.3 is 0 Å². The molecule has 1 heterocycles. The highest BCUT2D eigenvalue weighted by molar-refractivity contribution is 5.57. The highest BCUT2D eigenvalue weighted by atomic mass is 16.3. The highest BCUT2D eigenvalue weighted by Crippen LogP contribution is 2.30. The molecule has 1 fully saturated rings. The molecule has 1 aliphatic heterocycles. The zero-order chi connectivity index (χ0) is 11.6. The SMILES string of the molecule is CC(N)(CO)c1ccccc1N1CCCC1. The van der Waals surface area contributed by atoms with Crippen molar-refractivity contribution in [1.82, 2.24) is 0 Å². The average molecular weight is 220 g/mol. The molecule has 88 valence electrons. The first kappa shape index (κ1) is 11.4. The largest absolute Gasteiger partial charge is 0.394 e. The molecule has 0 radical (unpaired) electrons. The van der Waals surface area contributed by atoms with Crippen molar-refractivity contribution in [3.63, 3.8) is 0 Å². The number of nitrogens with zero attached hydrogens (tertiary/aromatic N) is 1. The zero-order valence-electron chi connectivity index (χ0n) is 9.82. The van der Waals surface area contributed by atoms with Crippen LogP contribution in [-0.4, -0.2) is 24.8 Å². The molecule has 1 saturated heterocycles. The molecule has 0 amide bonds. The standard InChI is InChI=1S/C13H20N2O/c1-13(14,10-16)11-6-2-3-7-12(11)15-8-4-5-9-15/h2-3,6-7,16H,4-5,8-10,14H2,1H3. The number of nitrogens with two attached hydrogens (primary N) is 1. The van der Waals surface area contributed by atoms with E-state index in [0.717, 1.165) is 18.7 Å². The van der Waals surface area contributed by atoms with Crippen LogP contribution in [0.25, 0.3) is 0 Å². The molecule has 0 saturated carbocycles. The molecule has 16 heavy (non-hydrogen) atoms. The van der Waals surface area contributed by atoms with E-state index >= 15 is 0 Å². The lowest BCUT2D eigenvalue weighted by Gasteiger charge is -2.29. The summed E-state index contributed by atoms with van der Waals surface area (Å²) < 4.78 is 0.